The van der Waals surface area contributed by atoms with E-state index >= 15 is 0 Å². The van der Waals surface area contributed by atoms with E-state index in [0.717, 1.165) is 0 Å². The molecule has 2 heterocycles. The Morgan fingerprint density at radius 1 is 1.42 bits per heavy atom. The molecule has 5 nitrogen and oxygen atoms in total. The third-order valence-corrected chi connectivity index (χ3v) is 3.82. The van der Waals surface area contributed by atoms with Crippen LogP contribution in [0.2, 0.25) is 10.3 Å². The largest absolute Gasteiger partial charge is 0.481 e. The number of carbonyl (C=O) groups excluding carboxylic acids is 1. The van der Waals surface area contributed by atoms with E-state index in [9.17, 15) is 9.59 Å². The molecule has 1 amide bonds. The van der Waals surface area contributed by atoms with E-state index in [1.165, 1.54) is 17.0 Å². The quantitative estimate of drug-likeness (QED) is 0.851. The van der Waals surface area contributed by atoms with E-state index in [1.807, 2.05) is 0 Å². The fourth-order valence-corrected chi connectivity index (χ4v) is 2.48. The molecule has 19 heavy (non-hydrogen) atoms. The molecule has 2 rings (SSSR count). The number of aliphatic carboxylic acids is 1. The van der Waals surface area contributed by atoms with Gasteiger partial charge < -0.3 is 10.0 Å². The Morgan fingerprint density at radius 2 is 2.11 bits per heavy atom. The second-order valence-electron chi connectivity index (χ2n) is 4.81. The summed E-state index contributed by atoms with van der Waals surface area (Å²) in [5.74, 6) is -1.22. The summed E-state index contributed by atoms with van der Waals surface area (Å²) in [4.78, 5) is 28.7. The van der Waals surface area contributed by atoms with Crippen LogP contribution in [0.25, 0.3) is 0 Å². The van der Waals surface area contributed by atoms with Crippen molar-refractivity contribution >= 4 is 35.1 Å². The lowest BCUT2D eigenvalue weighted by Crippen LogP contribution is -2.35. The highest BCUT2D eigenvalue weighted by Gasteiger charge is 2.42. The lowest BCUT2D eigenvalue weighted by molar-refractivity contribution is -0.147. The average molecular weight is 303 g/mol. The standard InChI is InChI=1S/C12H12Cl2N2O3/c1-12(11(18)19)4-5-16(6-12)10(17)7-2-3-8(13)15-9(7)14/h2-3H,4-6H2,1H3,(H,18,19). The van der Waals surface area contributed by atoms with Crippen LogP contribution in [0.15, 0.2) is 12.1 Å². The van der Waals surface area contributed by atoms with Crippen molar-refractivity contribution in [2.75, 3.05) is 13.1 Å². The summed E-state index contributed by atoms with van der Waals surface area (Å²) in [5.41, 5.74) is -0.664. The van der Waals surface area contributed by atoms with Gasteiger partial charge in [0.15, 0.2) is 0 Å². The Bertz CT molecular complexity index is 550. The van der Waals surface area contributed by atoms with E-state index in [0.29, 0.717) is 13.0 Å². The third-order valence-electron chi connectivity index (χ3n) is 3.32. The number of amides is 1. The summed E-state index contributed by atoms with van der Waals surface area (Å²) in [6.45, 7) is 2.19. The molecule has 0 saturated carbocycles. The summed E-state index contributed by atoms with van der Waals surface area (Å²) >= 11 is 11.5. The maximum absolute atomic E-state index is 12.3. The second kappa shape index (κ2) is 4.98. The maximum atomic E-state index is 12.3. The highest BCUT2D eigenvalue weighted by Crippen LogP contribution is 2.31. The topological polar surface area (TPSA) is 70.5 Å². The Hall–Kier alpha value is -1.33. The van der Waals surface area contributed by atoms with Gasteiger partial charge in [0.1, 0.15) is 10.3 Å². The second-order valence-corrected chi connectivity index (χ2v) is 5.56. The molecule has 7 heteroatoms. The summed E-state index contributed by atoms with van der Waals surface area (Å²) in [7, 11) is 0. The molecule has 0 aromatic carbocycles. The molecule has 1 aliphatic heterocycles. The van der Waals surface area contributed by atoms with Crippen LogP contribution in [-0.2, 0) is 4.79 Å². The van der Waals surface area contributed by atoms with Crippen molar-refractivity contribution in [3.05, 3.63) is 28.0 Å². The molecule has 0 aliphatic carbocycles. The van der Waals surface area contributed by atoms with Crippen LogP contribution < -0.4 is 0 Å². The number of hydrogen-bond acceptors (Lipinski definition) is 3. The van der Waals surface area contributed by atoms with Crippen LogP contribution in [0, 0.1) is 5.41 Å². The van der Waals surface area contributed by atoms with Gasteiger partial charge >= 0.3 is 5.97 Å². The number of carbonyl (C=O) groups is 2. The smallest absolute Gasteiger partial charge is 0.311 e. The van der Waals surface area contributed by atoms with Gasteiger partial charge in [0.2, 0.25) is 0 Å². The molecule has 1 saturated heterocycles. The number of likely N-dealkylation sites (tertiary alicyclic amines) is 1. The average Bonchev–Trinajstić information content (AvgIpc) is 2.73. The number of carboxylic acid groups (broad SMARTS) is 1. The van der Waals surface area contributed by atoms with Crippen molar-refractivity contribution in [3.8, 4) is 0 Å². The first-order valence-corrected chi connectivity index (χ1v) is 6.44. The number of aromatic nitrogens is 1. The molecule has 0 bridgehead atoms. The molecular formula is C12H12Cl2N2O3. The third kappa shape index (κ3) is 2.67. The van der Waals surface area contributed by atoms with E-state index in [2.05, 4.69) is 4.98 Å². The normalized spacial score (nSPS) is 22.6. The molecule has 1 fully saturated rings. The van der Waals surface area contributed by atoms with Crippen molar-refractivity contribution < 1.29 is 14.7 Å². The van der Waals surface area contributed by atoms with Crippen LogP contribution in [0.5, 0.6) is 0 Å². The van der Waals surface area contributed by atoms with E-state index in [-0.39, 0.29) is 28.3 Å². The summed E-state index contributed by atoms with van der Waals surface area (Å²) < 4.78 is 0. The zero-order valence-corrected chi connectivity index (χ0v) is 11.7. The summed E-state index contributed by atoms with van der Waals surface area (Å²) in [6.07, 6.45) is 0.423. The van der Waals surface area contributed by atoms with Gasteiger partial charge in [-0.1, -0.05) is 23.2 Å². The minimum absolute atomic E-state index is 0.0291. The number of hydrogen-bond donors (Lipinski definition) is 1. The van der Waals surface area contributed by atoms with Crippen molar-refractivity contribution in [1.29, 1.82) is 0 Å². The van der Waals surface area contributed by atoms with Crippen LogP contribution in [0.3, 0.4) is 0 Å². The van der Waals surface area contributed by atoms with Crippen LogP contribution in [0.4, 0.5) is 0 Å². The molecule has 0 radical (unpaired) electrons. The first-order chi connectivity index (χ1) is 8.83. The molecule has 102 valence electrons. The number of rotatable bonds is 2. The number of halogens is 2. The molecule has 0 spiro atoms. The summed E-state index contributed by atoms with van der Waals surface area (Å²) in [5, 5.41) is 9.38. The lowest BCUT2D eigenvalue weighted by Gasteiger charge is -2.20. The molecule has 1 aliphatic rings. The Balaban J connectivity index is 2.20. The zero-order chi connectivity index (χ0) is 14.2. The molecular weight excluding hydrogens is 291 g/mol. The van der Waals surface area contributed by atoms with Crippen LogP contribution >= 0.6 is 23.2 Å². The van der Waals surface area contributed by atoms with E-state index in [4.69, 9.17) is 28.3 Å². The SMILES string of the molecule is CC1(C(=O)O)CCN(C(=O)c2ccc(Cl)nc2Cl)C1. The van der Waals surface area contributed by atoms with Gasteiger partial charge in [0.25, 0.3) is 5.91 Å². The minimum Gasteiger partial charge on any atom is -0.481 e. The molecule has 1 atom stereocenters. The van der Waals surface area contributed by atoms with Crippen molar-refractivity contribution in [3.63, 3.8) is 0 Å². The fraction of sp³-hybridized carbons (Fsp3) is 0.417. The molecule has 1 aromatic rings. The molecule has 1 aromatic heterocycles. The Morgan fingerprint density at radius 3 is 2.63 bits per heavy atom. The van der Waals surface area contributed by atoms with Gasteiger partial charge in [-0.05, 0) is 25.5 Å². The van der Waals surface area contributed by atoms with Gasteiger partial charge in [0.05, 0.1) is 11.0 Å². The lowest BCUT2D eigenvalue weighted by atomic mass is 9.90. The molecule has 1 unspecified atom stereocenters. The van der Waals surface area contributed by atoms with E-state index < -0.39 is 11.4 Å². The van der Waals surface area contributed by atoms with Gasteiger partial charge in [-0.3, -0.25) is 9.59 Å². The van der Waals surface area contributed by atoms with Crippen molar-refractivity contribution in [1.82, 2.24) is 9.88 Å². The first kappa shape index (κ1) is 14.1. The highest BCUT2D eigenvalue weighted by atomic mass is 35.5. The number of nitrogens with zero attached hydrogens (tertiary/aromatic N) is 2. The fourth-order valence-electron chi connectivity index (χ4n) is 2.05. The van der Waals surface area contributed by atoms with Gasteiger partial charge in [-0.2, -0.15) is 0 Å². The highest BCUT2D eigenvalue weighted by molar-refractivity contribution is 6.34. The Kier molecular flexibility index (Phi) is 3.69. The first-order valence-electron chi connectivity index (χ1n) is 5.68. The maximum Gasteiger partial charge on any atom is 0.311 e. The van der Waals surface area contributed by atoms with Gasteiger partial charge in [-0.15, -0.1) is 0 Å². The predicted octanol–water partition coefficient (Wildman–Crippen LogP) is 2.33. The van der Waals surface area contributed by atoms with Crippen molar-refractivity contribution in [2.24, 2.45) is 5.41 Å². The minimum atomic E-state index is -0.901. The zero-order valence-electron chi connectivity index (χ0n) is 10.2. The number of carboxylic acids is 1. The monoisotopic (exact) mass is 302 g/mol. The Labute approximate surface area is 120 Å². The molecule has 1 N–H and O–H groups in total. The number of pyridine rings is 1. The summed E-state index contributed by atoms with van der Waals surface area (Å²) in [6, 6.07) is 2.98. The predicted molar refractivity (Wildman–Crippen MR) is 70.5 cm³/mol. The van der Waals surface area contributed by atoms with E-state index in [1.54, 1.807) is 6.92 Å². The van der Waals surface area contributed by atoms with Crippen LogP contribution in [0.1, 0.15) is 23.7 Å². The van der Waals surface area contributed by atoms with Gasteiger partial charge in [0, 0.05) is 13.1 Å². The van der Waals surface area contributed by atoms with Crippen molar-refractivity contribution in [2.45, 2.75) is 13.3 Å². The van der Waals surface area contributed by atoms with Crippen LogP contribution in [-0.4, -0.2) is 40.0 Å². The van der Waals surface area contributed by atoms with Gasteiger partial charge in [-0.25, -0.2) is 4.98 Å².